The zero-order valence-corrected chi connectivity index (χ0v) is 13.6. The van der Waals surface area contributed by atoms with Crippen LogP contribution in [0.4, 0.5) is 4.79 Å². The van der Waals surface area contributed by atoms with Crippen molar-refractivity contribution in [2.45, 2.75) is 25.4 Å². The van der Waals surface area contributed by atoms with Gasteiger partial charge in [-0.15, -0.1) is 0 Å². The molecule has 2 amide bonds. The molecule has 1 saturated heterocycles. The molecule has 24 heavy (non-hydrogen) atoms. The molecule has 3 rings (SSSR count). The first-order chi connectivity index (χ1) is 11.8. The molecule has 2 aromatic heterocycles. The lowest BCUT2D eigenvalue weighted by Crippen LogP contribution is -2.46. The van der Waals surface area contributed by atoms with Crippen molar-refractivity contribution in [1.29, 1.82) is 0 Å². The lowest BCUT2D eigenvalue weighted by molar-refractivity contribution is 0.111. The minimum atomic E-state index is -0.00621. The average molecular weight is 326 g/mol. The van der Waals surface area contributed by atoms with E-state index in [9.17, 15) is 4.79 Å². The number of nitrogens with one attached hydrogen (secondary N) is 1. The fraction of sp³-hybridized carbons (Fsp3) is 0.389. The Morgan fingerprint density at radius 1 is 1.17 bits per heavy atom. The number of aromatic nitrogens is 2. The summed E-state index contributed by atoms with van der Waals surface area (Å²) in [4.78, 5) is 22.3. The predicted molar refractivity (Wildman–Crippen MR) is 90.8 cm³/mol. The second-order valence-corrected chi connectivity index (χ2v) is 5.79. The number of hydrogen-bond donors (Lipinski definition) is 1. The Labute approximate surface area is 141 Å². The molecule has 0 aromatic carbocycles. The Hall–Kier alpha value is -2.63. The first-order valence-electron chi connectivity index (χ1n) is 8.30. The van der Waals surface area contributed by atoms with Crippen molar-refractivity contribution in [1.82, 2.24) is 20.2 Å². The van der Waals surface area contributed by atoms with Crippen molar-refractivity contribution < 1.29 is 9.53 Å². The molecule has 1 aliphatic heterocycles. The Morgan fingerprint density at radius 3 is 2.67 bits per heavy atom. The summed E-state index contributed by atoms with van der Waals surface area (Å²) in [5.41, 5.74) is 0.988. The number of likely N-dealkylation sites (tertiary alicyclic amines) is 1. The highest BCUT2D eigenvalue weighted by Crippen LogP contribution is 2.18. The minimum absolute atomic E-state index is 0.00621. The van der Waals surface area contributed by atoms with Gasteiger partial charge in [0.2, 0.25) is 0 Å². The Morgan fingerprint density at radius 2 is 1.96 bits per heavy atom. The summed E-state index contributed by atoms with van der Waals surface area (Å²) in [6.07, 6.45) is 7.80. The first kappa shape index (κ1) is 16.2. The van der Waals surface area contributed by atoms with E-state index in [2.05, 4.69) is 15.3 Å². The molecule has 0 unspecified atom stereocenters. The van der Waals surface area contributed by atoms with Crippen LogP contribution in [0.15, 0.2) is 48.9 Å². The number of piperidine rings is 1. The van der Waals surface area contributed by atoms with Gasteiger partial charge in [0.1, 0.15) is 11.9 Å². The highest BCUT2D eigenvalue weighted by atomic mass is 16.5. The maximum absolute atomic E-state index is 12.2. The summed E-state index contributed by atoms with van der Waals surface area (Å²) < 4.78 is 5.92. The number of carbonyl (C=O) groups is 1. The van der Waals surface area contributed by atoms with E-state index in [-0.39, 0.29) is 12.1 Å². The second-order valence-electron chi connectivity index (χ2n) is 5.79. The quantitative estimate of drug-likeness (QED) is 0.915. The van der Waals surface area contributed by atoms with Gasteiger partial charge in [-0.2, -0.15) is 0 Å². The van der Waals surface area contributed by atoms with Crippen molar-refractivity contribution in [2.24, 2.45) is 0 Å². The van der Waals surface area contributed by atoms with Crippen LogP contribution in [0, 0.1) is 0 Å². The highest BCUT2D eigenvalue weighted by molar-refractivity contribution is 5.74. The molecule has 126 valence electrons. The van der Waals surface area contributed by atoms with Crippen LogP contribution in [0.5, 0.6) is 5.75 Å². The van der Waals surface area contributed by atoms with Gasteiger partial charge in [-0.1, -0.05) is 6.07 Å². The maximum Gasteiger partial charge on any atom is 0.317 e. The van der Waals surface area contributed by atoms with Crippen molar-refractivity contribution in [3.05, 3.63) is 54.6 Å². The summed E-state index contributed by atoms with van der Waals surface area (Å²) >= 11 is 0. The molecule has 6 heteroatoms. The fourth-order valence-corrected chi connectivity index (χ4v) is 2.74. The van der Waals surface area contributed by atoms with E-state index in [1.807, 2.05) is 35.2 Å². The molecule has 2 aromatic rings. The van der Waals surface area contributed by atoms with E-state index < -0.39 is 0 Å². The van der Waals surface area contributed by atoms with E-state index in [0.29, 0.717) is 19.6 Å². The van der Waals surface area contributed by atoms with Crippen molar-refractivity contribution in [3.63, 3.8) is 0 Å². The molecule has 3 heterocycles. The molecule has 0 spiro atoms. The third-order valence-corrected chi connectivity index (χ3v) is 4.07. The zero-order chi connectivity index (χ0) is 16.6. The van der Waals surface area contributed by atoms with Gasteiger partial charge in [0, 0.05) is 63.2 Å². The molecule has 0 atom stereocenters. The summed E-state index contributed by atoms with van der Waals surface area (Å²) in [7, 11) is 0. The van der Waals surface area contributed by atoms with E-state index in [4.69, 9.17) is 4.74 Å². The Kier molecular flexibility index (Phi) is 5.61. The number of nitrogens with zero attached hydrogens (tertiary/aromatic N) is 3. The first-order valence-corrected chi connectivity index (χ1v) is 8.30. The Bertz CT molecular complexity index is 628. The number of pyridine rings is 2. The van der Waals surface area contributed by atoms with Gasteiger partial charge in [-0.25, -0.2) is 4.79 Å². The minimum Gasteiger partial charge on any atom is -0.490 e. The van der Waals surface area contributed by atoms with Gasteiger partial charge in [0.15, 0.2) is 0 Å². The van der Waals surface area contributed by atoms with Gasteiger partial charge < -0.3 is 15.0 Å². The summed E-state index contributed by atoms with van der Waals surface area (Å²) in [5.74, 6) is 0.836. The average Bonchev–Trinajstić information content (AvgIpc) is 2.64. The van der Waals surface area contributed by atoms with Gasteiger partial charge in [-0.3, -0.25) is 9.97 Å². The monoisotopic (exact) mass is 326 g/mol. The molecule has 6 nitrogen and oxygen atoms in total. The fourth-order valence-electron chi connectivity index (χ4n) is 2.74. The normalized spacial score (nSPS) is 15.1. The standard InChI is InChI=1S/C18H22N4O2/c23-18(21-12-4-15-3-1-2-9-20-15)22-13-7-17(8-14-22)24-16-5-10-19-11-6-16/h1-3,5-6,9-11,17H,4,7-8,12-14H2,(H,21,23). The predicted octanol–water partition coefficient (Wildman–Crippen LogP) is 2.27. The zero-order valence-electron chi connectivity index (χ0n) is 13.6. The van der Waals surface area contributed by atoms with Gasteiger partial charge in [0.05, 0.1) is 0 Å². The number of ether oxygens (including phenoxy) is 1. The molecule has 1 fully saturated rings. The molecule has 1 N–H and O–H groups in total. The van der Waals surface area contributed by atoms with Gasteiger partial charge in [0.25, 0.3) is 0 Å². The Balaban J connectivity index is 1.37. The van der Waals surface area contributed by atoms with Crippen LogP contribution >= 0.6 is 0 Å². The van der Waals surface area contributed by atoms with E-state index >= 15 is 0 Å². The third-order valence-electron chi connectivity index (χ3n) is 4.07. The molecule has 0 saturated carbocycles. The molecule has 0 aliphatic carbocycles. The van der Waals surface area contributed by atoms with Gasteiger partial charge in [-0.05, 0) is 24.3 Å². The number of carbonyl (C=O) groups excluding carboxylic acids is 1. The molecule has 0 radical (unpaired) electrons. The van der Waals surface area contributed by atoms with Crippen LogP contribution < -0.4 is 10.1 Å². The van der Waals surface area contributed by atoms with Gasteiger partial charge >= 0.3 is 6.03 Å². The summed E-state index contributed by atoms with van der Waals surface area (Å²) in [6.45, 7) is 2.03. The smallest absolute Gasteiger partial charge is 0.317 e. The van der Waals surface area contributed by atoms with Crippen LogP contribution in [0.3, 0.4) is 0 Å². The second kappa shape index (κ2) is 8.29. The highest BCUT2D eigenvalue weighted by Gasteiger charge is 2.23. The van der Waals surface area contributed by atoms with Crippen molar-refractivity contribution >= 4 is 6.03 Å². The third kappa shape index (κ3) is 4.68. The van der Waals surface area contributed by atoms with Crippen LogP contribution in [0.25, 0.3) is 0 Å². The number of urea groups is 1. The molecular weight excluding hydrogens is 304 g/mol. The molecular formula is C18H22N4O2. The summed E-state index contributed by atoms with van der Waals surface area (Å²) in [6, 6.07) is 9.52. The SMILES string of the molecule is O=C(NCCc1ccccn1)N1CCC(Oc2ccncc2)CC1. The number of rotatable bonds is 5. The number of amides is 2. The van der Waals surface area contributed by atoms with E-state index in [1.165, 1.54) is 0 Å². The van der Waals surface area contributed by atoms with Crippen LogP contribution in [-0.4, -0.2) is 46.6 Å². The van der Waals surface area contributed by atoms with Crippen LogP contribution in [-0.2, 0) is 6.42 Å². The van der Waals surface area contributed by atoms with E-state index in [1.54, 1.807) is 18.6 Å². The largest absolute Gasteiger partial charge is 0.490 e. The number of hydrogen-bond acceptors (Lipinski definition) is 4. The van der Waals surface area contributed by atoms with Crippen LogP contribution in [0.2, 0.25) is 0 Å². The topological polar surface area (TPSA) is 67.4 Å². The maximum atomic E-state index is 12.2. The summed E-state index contributed by atoms with van der Waals surface area (Å²) in [5, 5.41) is 2.96. The lowest BCUT2D eigenvalue weighted by atomic mass is 10.1. The molecule has 1 aliphatic rings. The lowest BCUT2D eigenvalue weighted by Gasteiger charge is -2.32. The van der Waals surface area contributed by atoms with Crippen LogP contribution in [0.1, 0.15) is 18.5 Å². The van der Waals surface area contributed by atoms with Crippen molar-refractivity contribution in [3.8, 4) is 5.75 Å². The van der Waals surface area contributed by atoms with E-state index in [0.717, 1.165) is 30.7 Å². The molecule has 0 bridgehead atoms. The van der Waals surface area contributed by atoms with Crippen molar-refractivity contribution in [2.75, 3.05) is 19.6 Å².